The molecule has 0 radical (unpaired) electrons. The first-order chi connectivity index (χ1) is 18.8. The topological polar surface area (TPSA) is 172 Å². The van der Waals surface area contributed by atoms with Crippen LogP contribution in [0.2, 0.25) is 0 Å². The van der Waals surface area contributed by atoms with Gasteiger partial charge < -0.3 is 47.5 Å². The average molecular weight is 585 g/mol. The Morgan fingerprint density at radius 1 is 1.28 bits per heavy atom. The standard InChI is InChI=1S/C26H45N7O4S2/c1-14(31-19-10-15(12-30-22(19)25(28)35)32-18-5-3-2-4-17(18)27)39-26(29)16-13-38-24-20(34)11-21(37-23(16)24)33-6-8-36-9-7-33/h11,14-19,22-24,26,30-32H,2-10,12-13,27,29H2,1H3,(H2,28,35)/p+1/t14?,15?,16?,17-,18+,19?,22?,23?,24?,26?/m1/s1. The van der Waals surface area contributed by atoms with Gasteiger partial charge in [0.1, 0.15) is 17.4 Å². The zero-order valence-corrected chi connectivity index (χ0v) is 24.5. The number of primary amides is 1. The number of nitrogens with zero attached hydrogens (tertiary/aromatic N) is 1. The molecule has 4 aliphatic heterocycles. The third-order valence-corrected chi connectivity index (χ3v) is 11.4. The molecule has 8 unspecified atom stereocenters. The SMILES string of the molecule is CC(NC1CC(N[C@H]2CCCC[C@H]2[NH3+])CNC1C(N)=O)SC(N)C1CSC2C(=O)C=C(N3CCOCC3)OC21. The Balaban J connectivity index is 1.17. The van der Waals surface area contributed by atoms with Crippen molar-refractivity contribution in [2.75, 3.05) is 38.6 Å². The van der Waals surface area contributed by atoms with Crippen molar-refractivity contribution >= 4 is 35.2 Å². The summed E-state index contributed by atoms with van der Waals surface area (Å²) in [6, 6.07) is 0.543. The van der Waals surface area contributed by atoms with E-state index in [0.29, 0.717) is 37.7 Å². The fourth-order valence-electron chi connectivity index (χ4n) is 6.57. The van der Waals surface area contributed by atoms with E-state index in [-0.39, 0.29) is 51.8 Å². The van der Waals surface area contributed by atoms with Gasteiger partial charge in [-0.05, 0) is 26.2 Å². The van der Waals surface area contributed by atoms with Crippen LogP contribution in [0.15, 0.2) is 12.0 Å². The van der Waals surface area contributed by atoms with Crippen LogP contribution >= 0.6 is 23.5 Å². The van der Waals surface area contributed by atoms with Crippen molar-refractivity contribution in [2.45, 2.75) is 91.3 Å². The normalized spacial score (nSPS) is 38.9. The zero-order chi connectivity index (χ0) is 27.5. The summed E-state index contributed by atoms with van der Waals surface area (Å²) in [5.74, 6) is 1.24. The average Bonchev–Trinajstić information content (AvgIpc) is 3.35. The van der Waals surface area contributed by atoms with Gasteiger partial charge in [0.05, 0.1) is 36.0 Å². The molecule has 4 heterocycles. The highest BCUT2D eigenvalue weighted by Gasteiger charge is 2.48. The molecule has 13 heteroatoms. The van der Waals surface area contributed by atoms with Gasteiger partial charge in [0.25, 0.3) is 0 Å². The lowest BCUT2D eigenvalue weighted by Crippen LogP contribution is -2.72. The number of fused-ring (bicyclic) bond motifs is 1. The number of ketones is 1. The molecule has 4 fully saturated rings. The first-order valence-corrected chi connectivity index (χ1v) is 16.4. The Kier molecular flexibility index (Phi) is 10.0. The molecule has 1 amide bonds. The molecule has 0 aromatic rings. The van der Waals surface area contributed by atoms with Crippen LogP contribution in [-0.2, 0) is 19.1 Å². The predicted molar refractivity (Wildman–Crippen MR) is 154 cm³/mol. The minimum absolute atomic E-state index is 0.0136. The third kappa shape index (κ3) is 7.06. The number of morpholine rings is 1. The lowest BCUT2D eigenvalue weighted by molar-refractivity contribution is -0.431. The minimum Gasteiger partial charge on any atom is -0.474 e. The van der Waals surface area contributed by atoms with E-state index in [4.69, 9.17) is 20.9 Å². The highest BCUT2D eigenvalue weighted by molar-refractivity contribution is 8.01. The molecule has 11 nitrogen and oxygen atoms in total. The van der Waals surface area contributed by atoms with Gasteiger partial charge >= 0.3 is 0 Å². The van der Waals surface area contributed by atoms with Crippen molar-refractivity contribution in [1.82, 2.24) is 20.9 Å². The number of piperidine rings is 1. The number of carbonyl (C=O) groups is 2. The van der Waals surface area contributed by atoms with Crippen molar-refractivity contribution in [3.8, 4) is 0 Å². The third-order valence-electron chi connectivity index (χ3n) is 8.74. The number of hydrogen-bond acceptors (Lipinski definition) is 11. The van der Waals surface area contributed by atoms with Crippen molar-refractivity contribution < 1.29 is 24.8 Å². The van der Waals surface area contributed by atoms with E-state index in [1.165, 1.54) is 12.8 Å². The van der Waals surface area contributed by atoms with Crippen molar-refractivity contribution in [2.24, 2.45) is 17.4 Å². The zero-order valence-electron chi connectivity index (χ0n) is 22.9. The number of allylic oxidation sites excluding steroid dienone is 1. The van der Waals surface area contributed by atoms with Gasteiger partial charge in [0, 0.05) is 55.9 Å². The monoisotopic (exact) mass is 584 g/mol. The maximum Gasteiger partial charge on any atom is 0.236 e. The molecule has 0 bridgehead atoms. The number of ether oxygens (including phenoxy) is 2. The Morgan fingerprint density at radius 3 is 2.79 bits per heavy atom. The van der Waals surface area contributed by atoms with E-state index in [1.807, 2.05) is 0 Å². The Hall–Kier alpha value is -1.06. The van der Waals surface area contributed by atoms with Gasteiger partial charge in [-0.15, -0.1) is 23.5 Å². The molecular formula is C26H46N7O4S2+. The summed E-state index contributed by atoms with van der Waals surface area (Å²) in [4.78, 5) is 27.3. The van der Waals surface area contributed by atoms with E-state index in [2.05, 4.69) is 33.5 Å². The van der Waals surface area contributed by atoms with Crippen LogP contribution in [0.3, 0.4) is 0 Å². The molecular weight excluding hydrogens is 538 g/mol. The van der Waals surface area contributed by atoms with Crippen LogP contribution in [0, 0.1) is 5.92 Å². The van der Waals surface area contributed by atoms with E-state index in [9.17, 15) is 9.59 Å². The first kappa shape index (κ1) is 29.4. The molecule has 39 heavy (non-hydrogen) atoms. The lowest BCUT2D eigenvalue weighted by atomic mass is 9.88. The van der Waals surface area contributed by atoms with Crippen LogP contribution in [0.5, 0.6) is 0 Å². The van der Waals surface area contributed by atoms with E-state index >= 15 is 0 Å². The summed E-state index contributed by atoms with van der Waals surface area (Å²) in [5, 5.41) is 10.4. The fraction of sp³-hybridized carbons (Fsp3) is 0.846. The number of carbonyl (C=O) groups excluding carboxylic acids is 2. The molecule has 5 rings (SSSR count). The number of amides is 1. The van der Waals surface area contributed by atoms with Gasteiger partial charge in [0.2, 0.25) is 5.91 Å². The second-order valence-electron chi connectivity index (χ2n) is 11.5. The summed E-state index contributed by atoms with van der Waals surface area (Å²) in [7, 11) is 0. The lowest BCUT2D eigenvalue weighted by Gasteiger charge is -2.40. The van der Waals surface area contributed by atoms with Gasteiger partial charge in [-0.3, -0.25) is 9.59 Å². The Labute approximate surface area is 239 Å². The largest absolute Gasteiger partial charge is 0.474 e. The summed E-state index contributed by atoms with van der Waals surface area (Å²) in [6.07, 6.45) is 7.02. The Morgan fingerprint density at radius 2 is 2.05 bits per heavy atom. The highest BCUT2D eigenvalue weighted by Crippen LogP contribution is 2.42. The minimum atomic E-state index is -0.434. The van der Waals surface area contributed by atoms with Crippen LogP contribution in [0.1, 0.15) is 39.0 Å². The number of hydrogen-bond donors (Lipinski definition) is 6. The van der Waals surface area contributed by atoms with E-state index in [1.54, 1.807) is 29.6 Å². The highest BCUT2D eigenvalue weighted by atomic mass is 32.2. The maximum absolute atomic E-state index is 12.9. The van der Waals surface area contributed by atoms with Crippen molar-refractivity contribution in [3.05, 3.63) is 12.0 Å². The fourth-order valence-corrected chi connectivity index (χ4v) is 9.37. The van der Waals surface area contributed by atoms with Gasteiger partial charge in [-0.1, -0.05) is 6.42 Å². The van der Waals surface area contributed by atoms with Crippen molar-refractivity contribution in [3.63, 3.8) is 0 Å². The summed E-state index contributed by atoms with van der Waals surface area (Å²) in [5.41, 5.74) is 16.9. The molecule has 0 aromatic carbocycles. The molecule has 10 atom stereocenters. The van der Waals surface area contributed by atoms with Crippen molar-refractivity contribution in [1.29, 1.82) is 0 Å². The molecule has 5 aliphatic rings. The summed E-state index contributed by atoms with van der Waals surface area (Å²) < 4.78 is 11.9. The molecule has 0 aromatic heterocycles. The number of rotatable bonds is 9. The van der Waals surface area contributed by atoms with Crippen LogP contribution in [0.25, 0.3) is 0 Å². The molecule has 3 saturated heterocycles. The number of nitrogens with one attached hydrogen (secondary N) is 3. The predicted octanol–water partition coefficient (Wildman–Crippen LogP) is -1.46. The van der Waals surface area contributed by atoms with Gasteiger partial charge in [-0.25, -0.2) is 0 Å². The molecule has 220 valence electrons. The van der Waals surface area contributed by atoms with Crippen LogP contribution < -0.4 is 33.2 Å². The van der Waals surface area contributed by atoms with Crippen LogP contribution in [-0.4, -0.2) is 108 Å². The second kappa shape index (κ2) is 13.3. The van der Waals surface area contributed by atoms with E-state index < -0.39 is 6.04 Å². The van der Waals surface area contributed by atoms with Gasteiger partial charge in [-0.2, -0.15) is 0 Å². The summed E-state index contributed by atoms with van der Waals surface area (Å²) in [6.45, 7) is 5.50. The quantitative estimate of drug-likeness (QED) is 0.175. The maximum atomic E-state index is 12.9. The molecule has 0 spiro atoms. The number of thioether (sulfide) groups is 2. The van der Waals surface area contributed by atoms with E-state index in [0.717, 1.165) is 38.1 Å². The second-order valence-corrected chi connectivity index (χ2v) is 14.2. The number of nitrogens with two attached hydrogens (primary N) is 2. The molecule has 1 saturated carbocycles. The van der Waals surface area contributed by atoms with Gasteiger partial charge in [0.15, 0.2) is 11.7 Å². The molecule has 10 N–H and O–H groups in total. The van der Waals surface area contributed by atoms with Crippen LogP contribution in [0.4, 0.5) is 0 Å². The Bertz CT molecular complexity index is 908. The summed E-state index contributed by atoms with van der Waals surface area (Å²) >= 11 is 3.28. The molecule has 1 aliphatic carbocycles. The first-order valence-electron chi connectivity index (χ1n) is 14.5. The smallest absolute Gasteiger partial charge is 0.236 e. The number of quaternary nitrogens is 1.